The molecule has 0 bridgehead atoms. The van der Waals surface area contributed by atoms with Crippen molar-refractivity contribution in [1.82, 2.24) is 4.98 Å². The van der Waals surface area contributed by atoms with Gasteiger partial charge in [-0.25, -0.2) is 4.98 Å². The summed E-state index contributed by atoms with van der Waals surface area (Å²) in [5.41, 5.74) is 0.763. The van der Waals surface area contributed by atoms with Crippen molar-refractivity contribution in [3.8, 4) is 5.88 Å². The number of hydrogen-bond acceptors (Lipinski definition) is 4. The van der Waals surface area contributed by atoms with Gasteiger partial charge in [-0.2, -0.15) is 0 Å². The maximum atomic E-state index is 10.4. The molecule has 0 aliphatic rings. The second-order valence-electron chi connectivity index (χ2n) is 2.81. The molecular formula is C9H12N2O3. The summed E-state index contributed by atoms with van der Waals surface area (Å²) < 4.78 is 4.92. The van der Waals surface area contributed by atoms with Crippen molar-refractivity contribution in [3.05, 3.63) is 18.3 Å². The van der Waals surface area contributed by atoms with Gasteiger partial charge in [-0.1, -0.05) is 0 Å². The Kier molecular flexibility index (Phi) is 3.28. The molecule has 5 nitrogen and oxygen atoms in total. The van der Waals surface area contributed by atoms with E-state index in [9.17, 15) is 4.79 Å². The molecule has 0 aromatic carbocycles. The predicted molar refractivity (Wildman–Crippen MR) is 51.7 cm³/mol. The molecule has 76 valence electrons. The molecule has 0 spiro atoms. The smallest absolute Gasteiger partial charge is 0.323 e. The van der Waals surface area contributed by atoms with E-state index in [0.29, 0.717) is 5.88 Å². The average Bonchev–Trinajstić information content (AvgIpc) is 2.17. The van der Waals surface area contributed by atoms with Crippen molar-refractivity contribution in [2.45, 2.75) is 0 Å². The molecular weight excluding hydrogens is 184 g/mol. The number of rotatable bonds is 4. The molecule has 5 heteroatoms. The first-order chi connectivity index (χ1) is 6.63. The summed E-state index contributed by atoms with van der Waals surface area (Å²) in [4.78, 5) is 16.0. The van der Waals surface area contributed by atoms with E-state index in [4.69, 9.17) is 9.84 Å². The summed E-state index contributed by atoms with van der Waals surface area (Å²) in [6.07, 6.45) is 1.58. The van der Waals surface area contributed by atoms with Crippen molar-refractivity contribution in [2.75, 3.05) is 25.6 Å². The van der Waals surface area contributed by atoms with Gasteiger partial charge in [0, 0.05) is 25.0 Å². The summed E-state index contributed by atoms with van der Waals surface area (Å²) in [5, 5.41) is 8.58. The Labute approximate surface area is 81.9 Å². The predicted octanol–water partition coefficient (Wildman–Crippen LogP) is 0.611. The molecule has 0 unspecified atom stereocenters. The molecule has 1 rings (SSSR count). The minimum Gasteiger partial charge on any atom is -0.481 e. The first kappa shape index (κ1) is 10.3. The molecule has 0 aliphatic heterocycles. The van der Waals surface area contributed by atoms with Gasteiger partial charge >= 0.3 is 5.97 Å². The molecule has 1 aromatic heterocycles. The molecule has 0 atom stereocenters. The highest BCUT2D eigenvalue weighted by molar-refractivity contribution is 5.73. The average molecular weight is 196 g/mol. The van der Waals surface area contributed by atoms with Crippen LogP contribution < -0.4 is 9.64 Å². The van der Waals surface area contributed by atoms with Crippen LogP contribution in [-0.2, 0) is 4.79 Å². The summed E-state index contributed by atoms with van der Waals surface area (Å²) in [5.74, 6) is -0.400. The van der Waals surface area contributed by atoms with Crippen LogP contribution in [0.25, 0.3) is 0 Å². The summed E-state index contributed by atoms with van der Waals surface area (Å²) >= 11 is 0. The van der Waals surface area contributed by atoms with E-state index in [1.54, 1.807) is 30.3 Å². The van der Waals surface area contributed by atoms with Gasteiger partial charge in [0.25, 0.3) is 0 Å². The molecule has 1 heterocycles. The van der Waals surface area contributed by atoms with E-state index in [2.05, 4.69) is 4.98 Å². The van der Waals surface area contributed by atoms with Crippen LogP contribution in [0.15, 0.2) is 18.3 Å². The fourth-order valence-electron chi connectivity index (χ4n) is 1.04. The van der Waals surface area contributed by atoms with Gasteiger partial charge in [-0.3, -0.25) is 4.79 Å². The number of ether oxygens (including phenoxy) is 1. The molecule has 0 saturated heterocycles. The summed E-state index contributed by atoms with van der Waals surface area (Å²) in [7, 11) is 3.21. The highest BCUT2D eigenvalue weighted by Crippen LogP contribution is 2.16. The molecule has 0 radical (unpaired) electrons. The van der Waals surface area contributed by atoms with Crippen molar-refractivity contribution in [3.63, 3.8) is 0 Å². The zero-order chi connectivity index (χ0) is 10.6. The SMILES string of the molecule is COc1cc(N(C)CC(=O)O)ccn1. The zero-order valence-electron chi connectivity index (χ0n) is 8.10. The van der Waals surface area contributed by atoms with Crippen LogP contribution in [0.1, 0.15) is 0 Å². The molecule has 1 N–H and O–H groups in total. The van der Waals surface area contributed by atoms with E-state index < -0.39 is 5.97 Å². The quantitative estimate of drug-likeness (QED) is 0.764. The monoisotopic (exact) mass is 196 g/mol. The Bertz CT molecular complexity index is 328. The lowest BCUT2D eigenvalue weighted by Gasteiger charge is -2.16. The number of carboxylic acids is 1. The minimum absolute atomic E-state index is 0.0484. The molecule has 14 heavy (non-hydrogen) atoms. The Balaban J connectivity index is 2.78. The molecule has 1 aromatic rings. The fraction of sp³-hybridized carbons (Fsp3) is 0.333. The standard InChI is InChI=1S/C9H12N2O3/c1-11(6-9(12)13)7-3-4-10-8(5-7)14-2/h3-5H,6H2,1-2H3,(H,12,13). The molecule has 0 saturated carbocycles. The Hall–Kier alpha value is -1.78. The van der Waals surface area contributed by atoms with Crippen molar-refractivity contribution in [2.24, 2.45) is 0 Å². The lowest BCUT2D eigenvalue weighted by Crippen LogP contribution is -2.25. The number of aromatic nitrogens is 1. The van der Waals surface area contributed by atoms with E-state index >= 15 is 0 Å². The number of methoxy groups -OCH3 is 1. The van der Waals surface area contributed by atoms with Crippen LogP contribution in [0, 0.1) is 0 Å². The molecule has 0 amide bonds. The van der Waals surface area contributed by atoms with Gasteiger partial charge < -0.3 is 14.7 Å². The third-order valence-electron chi connectivity index (χ3n) is 1.74. The van der Waals surface area contributed by atoms with Crippen LogP contribution >= 0.6 is 0 Å². The van der Waals surface area contributed by atoms with Gasteiger partial charge in [0.05, 0.1) is 7.11 Å². The van der Waals surface area contributed by atoms with Crippen LogP contribution in [0.4, 0.5) is 5.69 Å². The van der Waals surface area contributed by atoms with Gasteiger partial charge in [-0.05, 0) is 6.07 Å². The van der Waals surface area contributed by atoms with Crippen molar-refractivity contribution in [1.29, 1.82) is 0 Å². The zero-order valence-corrected chi connectivity index (χ0v) is 8.10. The second-order valence-corrected chi connectivity index (χ2v) is 2.81. The minimum atomic E-state index is -0.872. The van der Waals surface area contributed by atoms with Crippen molar-refractivity contribution < 1.29 is 14.6 Å². The van der Waals surface area contributed by atoms with Crippen molar-refractivity contribution >= 4 is 11.7 Å². The number of carbonyl (C=O) groups is 1. The number of pyridine rings is 1. The Morgan fingerprint density at radius 2 is 2.43 bits per heavy atom. The number of likely N-dealkylation sites (N-methyl/N-ethyl adjacent to an activating group) is 1. The first-order valence-corrected chi connectivity index (χ1v) is 4.06. The van der Waals surface area contributed by atoms with Crippen LogP contribution in [-0.4, -0.2) is 36.8 Å². The van der Waals surface area contributed by atoms with Crippen LogP contribution in [0.3, 0.4) is 0 Å². The fourth-order valence-corrected chi connectivity index (χ4v) is 1.04. The lowest BCUT2D eigenvalue weighted by atomic mass is 10.3. The van der Waals surface area contributed by atoms with E-state index in [1.807, 2.05) is 0 Å². The van der Waals surface area contributed by atoms with Crippen LogP contribution in [0.5, 0.6) is 5.88 Å². The van der Waals surface area contributed by atoms with Gasteiger partial charge in [-0.15, -0.1) is 0 Å². The molecule has 0 aliphatic carbocycles. The first-order valence-electron chi connectivity index (χ1n) is 4.06. The third kappa shape index (κ3) is 2.62. The normalized spacial score (nSPS) is 9.57. The third-order valence-corrected chi connectivity index (χ3v) is 1.74. The van der Waals surface area contributed by atoms with E-state index in [0.717, 1.165) is 5.69 Å². The van der Waals surface area contributed by atoms with Crippen LogP contribution in [0.2, 0.25) is 0 Å². The maximum absolute atomic E-state index is 10.4. The second kappa shape index (κ2) is 4.45. The number of nitrogens with zero attached hydrogens (tertiary/aromatic N) is 2. The topological polar surface area (TPSA) is 62.7 Å². The summed E-state index contributed by atoms with van der Waals surface area (Å²) in [6, 6.07) is 3.41. The number of carboxylic acid groups (broad SMARTS) is 1. The Morgan fingerprint density at radius 1 is 1.71 bits per heavy atom. The van der Waals surface area contributed by atoms with Gasteiger partial charge in [0.2, 0.25) is 5.88 Å². The van der Waals surface area contributed by atoms with E-state index in [1.165, 1.54) is 7.11 Å². The number of aliphatic carboxylic acids is 1. The maximum Gasteiger partial charge on any atom is 0.323 e. The summed E-state index contributed by atoms with van der Waals surface area (Å²) in [6.45, 7) is -0.0484. The van der Waals surface area contributed by atoms with E-state index in [-0.39, 0.29) is 6.54 Å². The number of hydrogen-bond donors (Lipinski definition) is 1. The molecule has 0 fully saturated rings. The highest BCUT2D eigenvalue weighted by atomic mass is 16.5. The number of anilines is 1. The Morgan fingerprint density at radius 3 is 3.00 bits per heavy atom. The lowest BCUT2D eigenvalue weighted by molar-refractivity contribution is -0.135. The largest absolute Gasteiger partial charge is 0.481 e. The highest BCUT2D eigenvalue weighted by Gasteiger charge is 2.06. The van der Waals surface area contributed by atoms with Gasteiger partial charge in [0.1, 0.15) is 6.54 Å². The van der Waals surface area contributed by atoms with Gasteiger partial charge in [0.15, 0.2) is 0 Å².